The van der Waals surface area contributed by atoms with Gasteiger partial charge in [-0.15, -0.1) is 0 Å². The van der Waals surface area contributed by atoms with Crippen molar-refractivity contribution in [3.8, 4) is 0 Å². The molecule has 1 aliphatic heterocycles. The van der Waals surface area contributed by atoms with E-state index in [1.54, 1.807) is 43.4 Å². The fourth-order valence-electron chi connectivity index (χ4n) is 2.91. The van der Waals surface area contributed by atoms with Gasteiger partial charge >= 0.3 is 0 Å². The summed E-state index contributed by atoms with van der Waals surface area (Å²) in [6, 6.07) is 9.82. The van der Waals surface area contributed by atoms with Crippen LogP contribution < -0.4 is 33.6 Å². The molecule has 1 heterocycles. The Bertz CT molecular complexity index is 947. The van der Waals surface area contributed by atoms with Crippen LogP contribution in [0, 0.1) is 0 Å². The lowest BCUT2D eigenvalue weighted by Crippen LogP contribution is -2.26. The van der Waals surface area contributed by atoms with Crippen molar-refractivity contribution in [3.05, 3.63) is 47.5 Å². The molecule has 2 aromatic carbocycles. The highest BCUT2D eigenvalue weighted by Crippen LogP contribution is 2.24. The number of anilines is 4. The van der Waals surface area contributed by atoms with E-state index >= 15 is 0 Å². The number of carbonyl (C=O) groups is 2. The Kier molecular flexibility index (Phi) is 7.67. The number of hydrogen-bond donors (Lipinski definition) is 6. The van der Waals surface area contributed by atoms with Gasteiger partial charge in [0, 0.05) is 24.7 Å². The summed E-state index contributed by atoms with van der Waals surface area (Å²) in [6.45, 7) is 4.88. The second kappa shape index (κ2) is 10.0. The van der Waals surface area contributed by atoms with Crippen molar-refractivity contribution >= 4 is 34.6 Å². The van der Waals surface area contributed by atoms with Crippen molar-refractivity contribution in [3.63, 3.8) is 0 Å². The van der Waals surface area contributed by atoms with Crippen LogP contribution >= 0.6 is 0 Å². The first-order valence-corrected chi connectivity index (χ1v) is 9.64. The van der Waals surface area contributed by atoms with E-state index in [1.807, 2.05) is 13.8 Å². The maximum absolute atomic E-state index is 11.0. The zero-order valence-corrected chi connectivity index (χ0v) is 17.9. The fraction of sp³-hybridized carbons (Fsp3) is 0.333. The minimum atomic E-state index is -0.534. The lowest BCUT2D eigenvalue weighted by atomic mass is 10.1. The summed E-state index contributed by atoms with van der Waals surface area (Å²) in [5.74, 6) is -1.50. The van der Waals surface area contributed by atoms with Crippen LogP contribution in [0.25, 0.3) is 0 Å². The maximum atomic E-state index is 11.0. The third-order valence-electron chi connectivity index (χ3n) is 4.53. The van der Waals surface area contributed by atoms with E-state index in [2.05, 4.69) is 10.6 Å². The van der Waals surface area contributed by atoms with Crippen LogP contribution in [0.1, 0.15) is 34.6 Å². The monoisotopic (exact) mass is 430 g/mol. The molecule has 1 saturated heterocycles. The van der Waals surface area contributed by atoms with Crippen molar-refractivity contribution in [2.24, 2.45) is 11.5 Å². The molecule has 0 radical (unpaired) electrons. The van der Waals surface area contributed by atoms with Crippen molar-refractivity contribution in [1.29, 1.82) is 0 Å². The Labute approximate surface area is 181 Å². The zero-order valence-electron chi connectivity index (χ0n) is 17.9. The molecule has 1 aliphatic rings. The summed E-state index contributed by atoms with van der Waals surface area (Å²) in [6.07, 6.45) is -0.0229. The number of nitrogens with one attached hydrogen (secondary N) is 2. The Morgan fingerprint density at radius 3 is 1.90 bits per heavy atom. The average Bonchev–Trinajstić information content (AvgIpc) is 3.06. The van der Waals surface area contributed by atoms with E-state index in [4.69, 9.17) is 32.4 Å². The Balaban J connectivity index is 0.000000245. The summed E-state index contributed by atoms with van der Waals surface area (Å²) in [4.78, 5) is 21.7. The van der Waals surface area contributed by atoms with Gasteiger partial charge in [-0.1, -0.05) is 0 Å². The SMILES string of the molecule is CC1(C)OCC(CNc2ccc(C(N)=O)cc2N)O1.CNc1ccc(C(N)=O)cc1N. The summed E-state index contributed by atoms with van der Waals surface area (Å²) < 4.78 is 11.1. The number of hydrogen-bond acceptors (Lipinski definition) is 8. The van der Waals surface area contributed by atoms with Crippen molar-refractivity contribution in [1.82, 2.24) is 0 Å². The van der Waals surface area contributed by atoms with Crippen LogP contribution in [0.4, 0.5) is 22.7 Å². The summed E-state index contributed by atoms with van der Waals surface area (Å²) >= 11 is 0. The molecule has 3 rings (SSSR count). The molecule has 2 amide bonds. The molecule has 10 nitrogen and oxygen atoms in total. The molecule has 10 N–H and O–H groups in total. The molecule has 1 atom stereocenters. The lowest BCUT2D eigenvalue weighted by molar-refractivity contribution is -0.136. The van der Waals surface area contributed by atoms with Crippen molar-refractivity contribution in [2.75, 3.05) is 42.3 Å². The molecule has 1 fully saturated rings. The first-order valence-electron chi connectivity index (χ1n) is 9.64. The van der Waals surface area contributed by atoms with Gasteiger partial charge in [0.05, 0.1) is 29.4 Å². The first-order chi connectivity index (χ1) is 14.5. The standard InChI is InChI=1S/C13H19N3O3.C8H11N3O/c1-13(2)18-7-9(19-13)6-16-11-4-3-8(12(15)17)5-10(11)14;1-11-7-3-2-5(8(10)12)4-6(7)9/h3-5,9,16H,6-7,14H2,1-2H3,(H2,15,17);2-4,11H,9H2,1H3,(H2,10,12). The van der Waals surface area contributed by atoms with Crippen LogP contribution in [-0.4, -0.2) is 43.9 Å². The van der Waals surface area contributed by atoms with E-state index < -0.39 is 17.6 Å². The van der Waals surface area contributed by atoms with E-state index in [0.29, 0.717) is 35.7 Å². The normalized spacial score (nSPS) is 16.7. The van der Waals surface area contributed by atoms with E-state index in [-0.39, 0.29) is 6.10 Å². The third kappa shape index (κ3) is 6.76. The number of ether oxygens (including phenoxy) is 2. The second-order valence-electron chi connectivity index (χ2n) is 7.41. The largest absolute Gasteiger partial charge is 0.397 e. The van der Waals surface area contributed by atoms with Gasteiger partial charge in [0.2, 0.25) is 11.8 Å². The summed E-state index contributed by atoms with van der Waals surface area (Å²) in [7, 11) is 1.76. The number of carbonyl (C=O) groups excluding carboxylic acids is 2. The molecule has 0 spiro atoms. The molecular weight excluding hydrogens is 400 g/mol. The topological polar surface area (TPSA) is 181 Å². The Morgan fingerprint density at radius 2 is 1.52 bits per heavy atom. The second-order valence-corrected chi connectivity index (χ2v) is 7.41. The summed E-state index contributed by atoms with van der Waals surface area (Å²) in [5, 5.41) is 6.06. The minimum Gasteiger partial charge on any atom is -0.397 e. The third-order valence-corrected chi connectivity index (χ3v) is 4.53. The molecule has 2 aromatic rings. The van der Waals surface area contributed by atoms with Crippen LogP contribution in [0.3, 0.4) is 0 Å². The maximum Gasteiger partial charge on any atom is 0.248 e. The van der Waals surface area contributed by atoms with Gasteiger partial charge in [0.25, 0.3) is 0 Å². The number of nitrogen functional groups attached to an aromatic ring is 2. The highest BCUT2D eigenvalue weighted by atomic mass is 16.7. The molecule has 31 heavy (non-hydrogen) atoms. The van der Waals surface area contributed by atoms with Crippen molar-refractivity contribution < 1.29 is 19.1 Å². The fourth-order valence-corrected chi connectivity index (χ4v) is 2.91. The predicted molar refractivity (Wildman–Crippen MR) is 122 cm³/mol. The van der Waals surface area contributed by atoms with Gasteiger partial charge in [-0.25, -0.2) is 0 Å². The highest BCUT2D eigenvalue weighted by Gasteiger charge is 2.32. The van der Waals surface area contributed by atoms with Crippen LogP contribution in [0.5, 0.6) is 0 Å². The number of amides is 2. The number of benzene rings is 2. The quantitative estimate of drug-likeness (QED) is 0.371. The summed E-state index contributed by atoms with van der Waals surface area (Å²) in [5.41, 5.74) is 25.1. The molecule has 0 saturated carbocycles. The van der Waals surface area contributed by atoms with Gasteiger partial charge in [-0.3, -0.25) is 9.59 Å². The van der Waals surface area contributed by atoms with Crippen LogP contribution in [0.2, 0.25) is 0 Å². The molecule has 10 heteroatoms. The zero-order chi connectivity index (χ0) is 23.2. The van der Waals surface area contributed by atoms with Gasteiger partial charge in [0.1, 0.15) is 6.10 Å². The predicted octanol–water partition coefficient (Wildman–Crippen LogP) is 1.34. The number of nitrogens with two attached hydrogens (primary N) is 4. The van der Waals surface area contributed by atoms with Crippen molar-refractivity contribution in [2.45, 2.75) is 25.7 Å². The smallest absolute Gasteiger partial charge is 0.248 e. The number of primary amides is 2. The molecule has 0 bridgehead atoms. The van der Waals surface area contributed by atoms with Crippen LogP contribution in [-0.2, 0) is 9.47 Å². The minimum absolute atomic E-state index is 0.0229. The van der Waals surface area contributed by atoms with E-state index in [0.717, 1.165) is 11.4 Å². The molecule has 168 valence electrons. The number of rotatable bonds is 6. The molecule has 0 aromatic heterocycles. The molecular formula is C21H30N6O4. The highest BCUT2D eigenvalue weighted by molar-refractivity contribution is 5.95. The lowest BCUT2D eigenvalue weighted by Gasteiger charge is -2.18. The molecule has 0 aliphatic carbocycles. The molecule has 1 unspecified atom stereocenters. The average molecular weight is 431 g/mol. The first kappa shape index (κ1) is 23.8. The Hall–Kier alpha value is -3.50. The van der Waals surface area contributed by atoms with E-state index in [1.165, 1.54) is 0 Å². The van der Waals surface area contributed by atoms with Gasteiger partial charge in [-0.05, 0) is 50.2 Å². The van der Waals surface area contributed by atoms with Crippen LogP contribution in [0.15, 0.2) is 36.4 Å². The van der Waals surface area contributed by atoms with Gasteiger partial charge in [-0.2, -0.15) is 0 Å². The van der Waals surface area contributed by atoms with Gasteiger partial charge < -0.3 is 43.0 Å². The van der Waals surface area contributed by atoms with E-state index in [9.17, 15) is 9.59 Å². The van der Waals surface area contributed by atoms with Gasteiger partial charge in [0.15, 0.2) is 5.79 Å². The Morgan fingerprint density at radius 1 is 1.00 bits per heavy atom.